The molecule has 162 valence electrons. The van der Waals surface area contributed by atoms with E-state index in [-0.39, 0.29) is 17.6 Å². The van der Waals surface area contributed by atoms with Crippen molar-refractivity contribution < 1.29 is 9.59 Å². The molecule has 0 atom stereocenters. The summed E-state index contributed by atoms with van der Waals surface area (Å²) in [7, 11) is 0. The molecule has 4 aromatic rings. The molecule has 7 nitrogen and oxygen atoms in total. The fourth-order valence-electron chi connectivity index (χ4n) is 3.40. The minimum Gasteiger partial charge on any atom is -0.325 e. The molecule has 0 bridgehead atoms. The number of thioether (sulfide) groups is 1. The average Bonchev–Trinajstić information content (AvgIpc) is 3.14. The lowest BCUT2D eigenvalue weighted by atomic mass is 10.1. The molecule has 8 heteroatoms. The van der Waals surface area contributed by atoms with Crippen molar-refractivity contribution in [3.63, 3.8) is 0 Å². The molecular formula is C24H23N5O2S. The number of nitrogens with zero attached hydrogens (tertiary/aromatic N) is 3. The molecule has 2 aromatic heterocycles. The summed E-state index contributed by atoms with van der Waals surface area (Å²) in [6.07, 6.45) is 1.69. The number of carbonyl (C=O) groups is 2. The maximum atomic E-state index is 12.7. The highest BCUT2D eigenvalue weighted by molar-refractivity contribution is 7.99. The number of hydrogen-bond donors (Lipinski definition) is 2. The lowest BCUT2D eigenvalue weighted by molar-refractivity contribution is -0.113. The van der Waals surface area contributed by atoms with Gasteiger partial charge in [-0.3, -0.25) is 14.0 Å². The molecule has 2 amide bonds. The molecule has 0 aliphatic carbocycles. The molecule has 2 aromatic carbocycles. The van der Waals surface area contributed by atoms with Crippen LogP contribution < -0.4 is 10.6 Å². The number of hydrogen-bond acceptors (Lipinski definition) is 5. The third kappa shape index (κ3) is 5.15. The number of benzene rings is 2. The van der Waals surface area contributed by atoms with Crippen molar-refractivity contribution in [2.45, 2.75) is 25.9 Å². The van der Waals surface area contributed by atoms with Crippen LogP contribution in [0.1, 0.15) is 27.0 Å². The van der Waals surface area contributed by atoms with Gasteiger partial charge in [0.25, 0.3) is 5.91 Å². The summed E-state index contributed by atoms with van der Waals surface area (Å²) in [6, 6.07) is 17.0. The first kappa shape index (κ1) is 21.6. The number of nitrogens with one attached hydrogen (secondary N) is 2. The van der Waals surface area contributed by atoms with Gasteiger partial charge in [0, 0.05) is 17.6 Å². The average molecular weight is 446 g/mol. The van der Waals surface area contributed by atoms with Crippen molar-refractivity contribution in [1.82, 2.24) is 14.6 Å². The SMILES string of the molecule is Cc1cc(C)cc(NC(=O)CSc2nnc3ccc(C(=O)Nc4cccc(C)c4)cn23)c1. The molecule has 0 unspecified atom stereocenters. The molecule has 0 aliphatic heterocycles. The van der Waals surface area contributed by atoms with Crippen LogP contribution in [-0.2, 0) is 4.79 Å². The Balaban J connectivity index is 1.45. The third-order valence-electron chi connectivity index (χ3n) is 4.75. The second-order valence-corrected chi connectivity index (χ2v) is 8.61. The Morgan fingerprint density at radius 2 is 1.62 bits per heavy atom. The number of anilines is 2. The van der Waals surface area contributed by atoms with Crippen LogP contribution in [0.2, 0.25) is 0 Å². The maximum Gasteiger partial charge on any atom is 0.257 e. The highest BCUT2D eigenvalue weighted by atomic mass is 32.2. The summed E-state index contributed by atoms with van der Waals surface area (Å²) < 4.78 is 1.72. The van der Waals surface area contributed by atoms with Gasteiger partial charge in [-0.1, -0.05) is 30.0 Å². The molecular weight excluding hydrogens is 422 g/mol. The van der Waals surface area contributed by atoms with Crippen molar-refractivity contribution in [1.29, 1.82) is 0 Å². The quantitative estimate of drug-likeness (QED) is 0.422. The van der Waals surface area contributed by atoms with E-state index in [0.717, 1.165) is 28.1 Å². The largest absolute Gasteiger partial charge is 0.325 e. The summed E-state index contributed by atoms with van der Waals surface area (Å²) in [5, 5.41) is 14.6. The second-order valence-electron chi connectivity index (χ2n) is 7.67. The first-order valence-electron chi connectivity index (χ1n) is 10.1. The van der Waals surface area contributed by atoms with Gasteiger partial charge in [-0.15, -0.1) is 10.2 Å². The Morgan fingerprint density at radius 1 is 0.875 bits per heavy atom. The van der Waals surface area contributed by atoms with E-state index in [9.17, 15) is 9.59 Å². The van der Waals surface area contributed by atoms with Crippen molar-refractivity contribution in [3.8, 4) is 0 Å². The van der Waals surface area contributed by atoms with Crippen LogP contribution in [0.15, 0.2) is 66.0 Å². The van der Waals surface area contributed by atoms with E-state index < -0.39 is 0 Å². The van der Waals surface area contributed by atoms with Gasteiger partial charge in [0.1, 0.15) is 0 Å². The third-order valence-corrected chi connectivity index (χ3v) is 5.69. The molecule has 2 heterocycles. The lowest BCUT2D eigenvalue weighted by Gasteiger charge is -2.08. The first-order chi connectivity index (χ1) is 15.4. The van der Waals surface area contributed by atoms with Crippen LogP contribution in [0.25, 0.3) is 5.65 Å². The second kappa shape index (κ2) is 9.23. The van der Waals surface area contributed by atoms with Gasteiger partial charge in [0.15, 0.2) is 10.8 Å². The van der Waals surface area contributed by atoms with Crippen LogP contribution in [-0.4, -0.2) is 32.2 Å². The minimum absolute atomic E-state index is 0.134. The predicted octanol–water partition coefficient (Wildman–Crippen LogP) is 4.64. The highest BCUT2D eigenvalue weighted by Gasteiger charge is 2.13. The van der Waals surface area contributed by atoms with Crippen LogP contribution in [0.5, 0.6) is 0 Å². The number of pyridine rings is 1. The normalized spacial score (nSPS) is 10.8. The number of fused-ring (bicyclic) bond motifs is 1. The van der Waals surface area contributed by atoms with Gasteiger partial charge >= 0.3 is 0 Å². The van der Waals surface area contributed by atoms with Crippen molar-refractivity contribution in [3.05, 3.63) is 83.0 Å². The van der Waals surface area contributed by atoms with Gasteiger partial charge in [0.05, 0.1) is 11.3 Å². The molecule has 0 radical (unpaired) electrons. The highest BCUT2D eigenvalue weighted by Crippen LogP contribution is 2.20. The van der Waals surface area contributed by atoms with Crippen LogP contribution in [0, 0.1) is 20.8 Å². The van der Waals surface area contributed by atoms with E-state index in [1.807, 2.05) is 57.2 Å². The molecule has 0 saturated carbocycles. The summed E-state index contributed by atoms with van der Waals surface area (Å²) in [5.41, 5.74) is 5.83. The molecule has 4 rings (SSSR count). The fraction of sp³-hybridized carbons (Fsp3) is 0.167. The fourth-order valence-corrected chi connectivity index (χ4v) is 4.12. The van der Waals surface area contributed by atoms with Gasteiger partial charge in [-0.05, 0) is 73.9 Å². The monoisotopic (exact) mass is 445 g/mol. The van der Waals surface area contributed by atoms with Crippen LogP contribution >= 0.6 is 11.8 Å². The summed E-state index contributed by atoms with van der Waals surface area (Å²) in [4.78, 5) is 25.1. The zero-order chi connectivity index (χ0) is 22.7. The van der Waals surface area contributed by atoms with E-state index in [1.165, 1.54) is 11.8 Å². The molecule has 32 heavy (non-hydrogen) atoms. The molecule has 0 spiro atoms. The van der Waals surface area contributed by atoms with Crippen molar-refractivity contribution in [2.24, 2.45) is 0 Å². The van der Waals surface area contributed by atoms with Gasteiger partial charge in [-0.25, -0.2) is 0 Å². The molecule has 0 saturated heterocycles. The van der Waals surface area contributed by atoms with Crippen molar-refractivity contribution in [2.75, 3.05) is 16.4 Å². The standard InChI is InChI=1S/C24H23N5O2S/c1-15-5-4-6-19(10-15)26-23(31)18-7-8-21-27-28-24(29(21)13-18)32-14-22(30)25-20-11-16(2)9-17(3)12-20/h4-13H,14H2,1-3H3,(H,25,30)(H,26,31). The van der Waals surface area contributed by atoms with Crippen LogP contribution in [0.3, 0.4) is 0 Å². The van der Waals surface area contributed by atoms with Gasteiger partial charge < -0.3 is 10.6 Å². The Morgan fingerprint density at radius 3 is 2.38 bits per heavy atom. The number of amides is 2. The predicted molar refractivity (Wildman–Crippen MR) is 127 cm³/mol. The Hall–Kier alpha value is -3.65. The lowest BCUT2D eigenvalue weighted by Crippen LogP contribution is -2.15. The van der Waals surface area contributed by atoms with Gasteiger partial charge in [-0.2, -0.15) is 0 Å². The van der Waals surface area contributed by atoms with Crippen LogP contribution in [0.4, 0.5) is 11.4 Å². The zero-order valence-electron chi connectivity index (χ0n) is 18.0. The summed E-state index contributed by atoms with van der Waals surface area (Å²) >= 11 is 1.26. The maximum absolute atomic E-state index is 12.7. The molecule has 0 aliphatic rings. The molecule has 2 N–H and O–H groups in total. The number of carbonyl (C=O) groups excluding carboxylic acids is 2. The smallest absolute Gasteiger partial charge is 0.257 e. The van der Waals surface area contributed by atoms with E-state index in [1.54, 1.807) is 22.7 Å². The number of rotatable bonds is 6. The molecule has 0 fully saturated rings. The van der Waals surface area contributed by atoms with E-state index in [2.05, 4.69) is 26.9 Å². The number of aryl methyl sites for hydroxylation is 3. The first-order valence-corrected chi connectivity index (χ1v) is 11.1. The Bertz CT molecular complexity index is 1290. The Labute approximate surface area is 190 Å². The van der Waals surface area contributed by atoms with Crippen molar-refractivity contribution >= 4 is 40.6 Å². The summed E-state index contributed by atoms with van der Waals surface area (Å²) in [6.45, 7) is 5.96. The topological polar surface area (TPSA) is 88.4 Å². The van der Waals surface area contributed by atoms with Gasteiger partial charge in [0.2, 0.25) is 5.91 Å². The summed E-state index contributed by atoms with van der Waals surface area (Å²) in [5.74, 6) is -0.187. The minimum atomic E-state index is -0.227. The van der Waals surface area contributed by atoms with E-state index >= 15 is 0 Å². The van der Waals surface area contributed by atoms with E-state index in [4.69, 9.17) is 0 Å². The Kier molecular flexibility index (Phi) is 6.23. The van der Waals surface area contributed by atoms with E-state index in [0.29, 0.717) is 16.4 Å². The number of aromatic nitrogens is 3. The zero-order valence-corrected chi connectivity index (χ0v) is 18.9.